The van der Waals surface area contributed by atoms with Crippen LogP contribution in [-0.4, -0.2) is 27.4 Å². The molecular formula is C21H25BrN2O3S. The minimum Gasteiger partial charge on any atom is -0.354 e. The zero-order chi connectivity index (χ0) is 20.2. The van der Waals surface area contributed by atoms with Gasteiger partial charge in [0.25, 0.3) is 0 Å². The molecule has 2 N–H and O–H groups in total. The Bertz CT molecular complexity index is 919. The summed E-state index contributed by atoms with van der Waals surface area (Å²) in [5, 5.41) is 2.93. The molecule has 0 saturated heterocycles. The van der Waals surface area contributed by atoms with Gasteiger partial charge >= 0.3 is 0 Å². The van der Waals surface area contributed by atoms with Crippen molar-refractivity contribution in [1.29, 1.82) is 0 Å². The molecule has 0 radical (unpaired) electrons. The van der Waals surface area contributed by atoms with Crippen LogP contribution in [0.1, 0.15) is 36.8 Å². The lowest BCUT2D eigenvalue weighted by atomic mass is 9.78. The van der Waals surface area contributed by atoms with E-state index in [1.807, 2.05) is 31.2 Å². The molecule has 1 saturated carbocycles. The van der Waals surface area contributed by atoms with E-state index in [2.05, 4.69) is 26.0 Å². The third-order valence-electron chi connectivity index (χ3n) is 5.32. The predicted octanol–water partition coefficient (Wildman–Crippen LogP) is 3.66. The van der Waals surface area contributed by atoms with Gasteiger partial charge < -0.3 is 5.32 Å². The zero-order valence-electron chi connectivity index (χ0n) is 15.9. The normalized spacial score (nSPS) is 16.1. The van der Waals surface area contributed by atoms with Crippen LogP contribution >= 0.6 is 15.9 Å². The number of hydrogen-bond donors (Lipinski definition) is 2. The van der Waals surface area contributed by atoms with Crippen molar-refractivity contribution < 1.29 is 13.2 Å². The molecule has 0 spiro atoms. The van der Waals surface area contributed by atoms with Crippen molar-refractivity contribution in [2.75, 3.05) is 13.1 Å². The number of aryl methyl sites for hydroxylation is 1. The third kappa shape index (κ3) is 4.64. The van der Waals surface area contributed by atoms with E-state index in [0.717, 1.165) is 41.3 Å². The summed E-state index contributed by atoms with van der Waals surface area (Å²) in [6.07, 6.45) is 3.66. The summed E-state index contributed by atoms with van der Waals surface area (Å²) >= 11 is 3.44. The van der Waals surface area contributed by atoms with E-state index >= 15 is 0 Å². The SMILES string of the molecule is Cc1ccc(S(=O)(=O)NCCNC(=O)C2(c3ccc(Br)cc3)CCCC2)cc1. The van der Waals surface area contributed by atoms with E-state index in [1.165, 1.54) is 0 Å². The molecule has 0 atom stereocenters. The van der Waals surface area contributed by atoms with Gasteiger partial charge in [-0.3, -0.25) is 4.79 Å². The first-order valence-corrected chi connectivity index (χ1v) is 11.7. The van der Waals surface area contributed by atoms with Crippen LogP contribution in [0.3, 0.4) is 0 Å². The molecule has 1 amide bonds. The largest absolute Gasteiger partial charge is 0.354 e. The Balaban J connectivity index is 1.59. The quantitative estimate of drug-likeness (QED) is 0.613. The summed E-state index contributed by atoms with van der Waals surface area (Å²) in [4.78, 5) is 13.2. The Kier molecular flexibility index (Phi) is 6.58. The maximum absolute atomic E-state index is 13.0. The maximum Gasteiger partial charge on any atom is 0.240 e. The van der Waals surface area contributed by atoms with Crippen molar-refractivity contribution in [3.8, 4) is 0 Å². The molecule has 7 heteroatoms. The Morgan fingerprint density at radius 1 is 1.00 bits per heavy atom. The highest BCUT2D eigenvalue weighted by atomic mass is 79.9. The van der Waals surface area contributed by atoms with E-state index in [9.17, 15) is 13.2 Å². The van der Waals surface area contributed by atoms with Gasteiger partial charge in [0, 0.05) is 17.6 Å². The Morgan fingerprint density at radius 2 is 1.61 bits per heavy atom. The molecule has 0 heterocycles. The minimum absolute atomic E-state index is 0.0261. The monoisotopic (exact) mass is 464 g/mol. The predicted molar refractivity (Wildman–Crippen MR) is 114 cm³/mol. The van der Waals surface area contributed by atoms with Crippen LogP contribution < -0.4 is 10.0 Å². The van der Waals surface area contributed by atoms with Gasteiger partial charge in [0.05, 0.1) is 10.3 Å². The summed E-state index contributed by atoms with van der Waals surface area (Å²) < 4.78 is 28.2. The van der Waals surface area contributed by atoms with Crippen LogP contribution in [0, 0.1) is 6.92 Å². The molecule has 0 bridgehead atoms. The Labute approximate surface area is 175 Å². The molecule has 3 rings (SSSR count). The topological polar surface area (TPSA) is 75.3 Å². The number of rotatable bonds is 7. The average molecular weight is 465 g/mol. The summed E-state index contributed by atoms with van der Waals surface area (Å²) in [6.45, 7) is 2.31. The molecule has 0 aliphatic heterocycles. The summed E-state index contributed by atoms with van der Waals surface area (Å²) in [5.41, 5.74) is 1.50. The fraction of sp³-hybridized carbons (Fsp3) is 0.381. The van der Waals surface area contributed by atoms with Gasteiger partial charge in [0.1, 0.15) is 0 Å². The fourth-order valence-electron chi connectivity index (χ4n) is 3.73. The van der Waals surface area contributed by atoms with Gasteiger partial charge in [-0.2, -0.15) is 0 Å². The summed E-state index contributed by atoms with van der Waals surface area (Å²) in [6, 6.07) is 14.6. The van der Waals surface area contributed by atoms with Crippen molar-refractivity contribution in [3.05, 3.63) is 64.1 Å². The number of hydrogen-bond acceptors (Lipinski definition) is 3. The zero-order valence-corrected chi connectivity index (χ0v) is 18.3. The second-order valence-electron chi connectivity index (χ2n) is 7.26. The van der Waals surface area contributed by atoms with Crippen molar-refractivity contribution in [2.24, 2.45) is 0 Å². The second-order valence-corrected chi connectivity index (χ2v) is 9.95. The van der Waals surface area contributed by atoms with E-state index in [0.29, 0.717) is 0 Å². The lowest BCUT2D eigenvalue weighted by Gasteiger charge is -2.28. The number of amides is 1. The molecule has 0 unspecified atom stereocenters. The van der Waals surface area contributed by atoms with Crippen molar-refractivity contribution in [1.82, 2.24) is 10.0 Å². The number of halogens is 1. The van der Waals surface area contributed by atoms with Gasteiger partial charge in [0.2, 0.25) is 15.9 Å². The molecule has 150 valence electrons. The third-order valence-corrected chi connectivity index (χ3v) is 7.33. The lowest BCUT2D eigenvalue weighted by Crippen LogP contribution is -2.45. The minimum atomic E-state index is -3.57. The maximum atomic E-state index is 13.0. The van der Waals surface area contributed by atoms with Crippen molar-refractivity contribution in [3.63, 3.8) is 0 Å². The second kappa shape index (κ2) is 8.76. The van der Waals surface area contributed by atoms with Gasteiger partial charge in [-0.25, -0.2) is 13.1 Å². The first kappa shape index (κ1) is 21.0. The molecule has 1 fully saturated rings. The molecule has 2 aromatic rings. The molecule has 28 heavy (non-hydrogen) atoms. The van der Waals surface area contributed by atoms with Crippen LogP contribution in [0.4, 0.5) is 0 Å². The van der Waals surface area contributed by atoms with Gasteiger partial charge in [0.15, 0.2) is 0 Å². The van der Waals surface area contributed by atoms with Crippen LogP contribution in [0.15, 0.2) is 57.9 Å². The Morgan fingerprint density at radius 3 is 2.21 bits per heavy atom. The molecular weight excluding hydrogens is 440 g/mol. The first-order valence-electron chi connectivity index (χ1n) is 9.44. The molecule has 2 aromatic carbocycles. The van der Waals surface area contributed by atoms with Crippen LogP contribution in [0.2, 0.25) is 0 Å². The van der Waals surface area contributed by atoms with Crippen molar-refractivity contribution in [2.45, 2.75) is 42.9 Å². The first-order chi connectivity index (χ1) is 13.3. The number of sulfonamides is 1. The van der Waals surface area contributed by atoms with Crippen LogP contribution in [0.25, 0.3) is 0 Å². The molecule has 5 nitrogen and oxygen atoms in total. The van der Waals surface area contributed by atoms with E-state index < -0.39 is 15.4 Å². The Hall–Kier alpha value is -1.70. The van der Waals surface area contributed by atoms with E-state index in [-0.39, 0.29) is 23.9 Å². The van der Waals surface area contributed by atoms with E-state index in [4.69, 9.17) is 0 Å². The molecule has 0 aromatic heterocycles. The molecule has 1 aliphatic carbocycles. The highest BCUT2D eigenvalue weighted by Crippen LogP contribution is 2.41. The van der Waals surface area contributed by atoms with Crippen molar-refractivity contribution >= 4 is 31.9 Å². The highest BCUT2D eigenvalue weighted by Gasteiger charge is 2.42. The van der Waals surface area contributed by atoms with Gasteiger partial charge in [-0.15, -0.1) is 0 Å². The van der Waals surface area contributed by atoms with Gasteiger partial charge in [-0.1, -0.05) is 58.6 Å². The van der Waals surface area contributed by atoms with E-state index in [1.54, 1.807) is 24.3 Å². The lowest BCUT2D eigenvalue weighted by molar-refractivity contribution is -0.126. The average Bonchev–Trinajstić information content (AvgIpc) is 3.17. The number of carbonyl (C=O) groups is 1. The number of benzene rings is 2. The summed E-state index contributed by atoms with van der Waals surface area (Å²) in [7, 11) is -3.57. The smallest absolute Gasteiger partial charge is 0.240 e. The fourth-order valence-corrected chi connectivity index (χ4v) is 5.02. The highest BCUT2D eigenvalue weighted by molar-refractivity contribution is 9.10. The summed E-state index contributed by atoms with van der Waals surface area (Å²) in [5.74, 6) is -0.0261. The van der Waals surface area contributed by atoms with Crippen LogP contribution in [-0.2, 0) is 20.2 Å². The standard InChI is InChI=1S/C21H25BrN2O3S/c1-16-4-10-19(11-5-16)28(26,27)24-15-14-23-20(25)21(12-2-3-13-21)17-6-8-18(22)9-7-17/h4-11,24H,2-3,12-15H2,1H3,(H,23,25). The van der Waals surface area contributed by atoms with Gasteiger partial charge in [-0.05, 0) is 49.6 Å². The molecule has 1 aliphatic rings. The number of carbonyl (C=O) groups excluding carboxylic acids is 1. The number of nitrogens with one attached hydrogen (secondary N) is 2. The van der Waals surface area contributed by atoms with Crippen LogP contribution in [0.5, 0.6) is 0 Å².